The van der Waals surface area contributed by atoms with Crippen LogP contribution in [0.2, 0.25) is 0 Å². The van der Waals surface area contributed by atoms with Crippen LogP contribution in [-0.4, -0.2) is 24.2 Å². The molecule has 0 bridgehead atoms. The molecular formula is C20H19FN2O3S. The first-order valence-corrected chi connectivity index (χ1v) is 9.84. The second-order valence-corrected chi connectivity index (χ2v) is 7.73. The van der Waals surface area contributed by atoms with Crippen LogP contribution in [0.25, 0.3) is 0 Å². The fourth-order valence-corrected chi connectivity index (χ4v) is 4.46. The van der Waals surface area contributed by atoms with Gasteiger partial charge in [-0.05, 0) is 60.4 Å². The molecule has 2 amide bonds. The Kier molecular flexibility index (Phi) is 5.03. The summed E-state index contributed by atoms with van der Waals surface area (Å²) in [5.41, 5.74) is 2.62. The number of carbonyl (C=O) groups excluding carboxylic acids is 2. The fraction of sp³-hybridized carbons (Fsp3) is 0.300. The predicted octanol–water partition coefficient (Wildman–Crippen LogP) is 3.44. The number of anilines is 1. The molecule has 0 aromatic heterocycles. The van der Waals surface area contributed by atoms with E-state index in [1.165, 1.54) is 12.1 Å². The van der Waals surface area contributed by atoms with Crippen LogP contribution in [-0.2, 0) is 16.0 Å². The average Bonchev–Trinajstić information content (AvgIpc) is 2.67. The molecule has 2 N–H and O–H groups in total. The molecular weight excluding hydrogens is 367 g/mol. The molecule has 0 unspecified atom stereocenters. The minimum Gasteiger partial charge on any atom is -0.484 e. The van der Waals surface area contributed by atoms with Gasteiger partial charge in [-0.3, -0.25) is 9.59 Å². The summed E-state index contributed by atoms with van der Waals surface area (Å²) in [7, 11) is 0. The number of hydrogen-bond acceptors (Lipinski definition) is 4. The first kappa shape index (κ1) is 17.9. The Hall–Kier alpha value is -2.54. The van der Waals surface area contributed by atoms with E-state index in [0.29, 0.717) is 18.6 Å². The second-order valence-electron chi connectivity index (χ2n) is 6.60. The van der Waals surface area contributed by atoms with E-state index in [0.717, 1.165) is 33.9 Å². The van der Waals surface area contributed by atoms with Gasteiger partial charge in [0.2, 0.25) is 5.91 Å². The van der Waals surface area contributed by atoms with Crippen LogP contribution >= 0.6 is 11.8 Å². The summed E-state index contributed by atoms with van der Waals surface area (Å²) in [5.74, 6) is 0.936. The zero-order valence-electron chi connectivity index (χ0n) is 14.6. The van der Waals surface area contributed by atoms with E-state index in [1.807, 2.05) is 6.07 Å². The maximum absolute atomic E-state index is 13.6. The summed E-state index contributed by atoms with van der Waals surface area (Å²) in [6.45, 7) is -0.112. The molecule has 5 nitrogen and oxygen atoms in total. The number of hydrogen-bond donors (Lipinski definition) is 2. The van der Waals surface area contributed by atoms with E-state index in [-0.39, 0.29) is 30.3 Å². The van der Waals surface area contributed by atoms with Crippen LogP contribution in [0.15, 0.2) is 41.3 Å². The molecule has 0 aliphatic carbocycles. The Balaban J connectivity index is 1.37. The van der Waals surface area contributed by atoms with E-state index >= 15 is 0 Å². The molecule has 0 saturated heterocycles. The lowest BCUT2D eigenvalue weighted by Gasteiger charge is -2.26. The third-order valence-corrected chi connectivity index (χ3v) is 5.81. The van der Waals surface area contributed by atoms with Crippen molar-refractivity contribution in [1.82, 2.24) is 5.32 Å². The van der Waals surface area contributed by atoms with Gasteiger partial charge in [-0.1, -0.05) is 0 Å². The molecule has 140 valence electrons. The number of aryl methyl sites for hydroxylation is 1. The lowest BCUT2D eigenvalue weighted by atomic mass is 10.0. The molecule has 0 radical (unpaired) electrons. The Labute approximate surface area is 160 Å². The molecule has 2 aliphatic rings. The number of nitrogens with one attached hydrogen (secondary N) is 2. The molecule has 2 aromatic rings. The van der Waals surface area contributed by atoms with Crippen molar-refractivity contribution in [3.05, 3.63) is 53.3 Å². The highest BCUT2D eigenvalue weighted by atomic mass is 32.2. The molecule has 1 atom stereocenters. The Morgan fingerprint density at radius 2 is 2.15 bits per heavy atom. The normalized spacial score (nSPS) is 18.1. The summed E-state index contributed by atoms with van der Waals surface area (Å²) in [5, 5.41) is 5.75. The first-order valence-electron chi connectivity index (χ1n) is 8.86. The van der Waals surface area contributed by atoms with E-state index in [9.17, 15) is 14.0 Å². The van der Waals surface area contributed by atoms with Crippen LogP contribution in [0, 0.1) is 5.82 Å². The van der Waals surface area contributed by atoms with Gasteiger partial charge in [0.15, 0.2) is 6.61 Å². The number of rotatable bonds is 4. The van der Waals surface area contributed by atoms with Crippen molar-refractivity contribution in [1.29, 1.82) is 0 Å². The van der Waals surface area contributed by atoms with Gasteiger partial charge in [0.1, 0.15) is 11.6 Å². The van der Waals surface area contributed by atoms with Crippen molar-refractivity contribution in [2.24, 2.45) is 0 Å². The highest BCUT2D eigenvalue weighted by Gasteiger charge is 2.23. The standard InChI is InChI=1S/C20H19FN2O3S/c21-13-2-5-18-15(10-13)17(7-8-27-18)23-20(25)11-26-14-3-4-16-12(9-14)1-6-19(24)22-16/h2-5,9-10,17H,1,6-8,11H2,(H,22,24)(H,23,25)/t17-/m1/s1. The maximum atomic E-state index is 13.6. The number of carbonyl (C=O) groups is 2. The Morgan fingerprint density at radius 1 is 1.26 bits per heavy atom. The molecule has 0 saturated carbocycles. The minimum atomic E-state index is -0.298. The topological polar surface area (TPSA) is 67.4 Å². The first-order chi connectivity index (χ1) is 13.1. The van der Waals surface area contributed by atoms with Crippen LogP contribution in [0.1, 0.15) is 30.0 Å². The Morgan fingerprint density at radius 3 is 3.04 bits per heavy atom. The van der Waals surface area contributed by atoms with Crippen molar-refractivity contribution in [2.75, 3.05) is 17.7 Å². The van der Waals surface area contributed by atoms with Gasteiger partial charge in [0, 0.05) is 22.8 Å². The highest BCUT2D eigenvalue weighted by Crippen LogP contribution is 2.36. The van der Waals surface area contributed by atoms with E-state index < -0.39 is 0 Å². The average molecular weight is 386 g/mol. The molecule has 2 aromatic carbocycles. The van der Waals surface area contributed by atoms with E-state index in [4.69, 9.17) is 4.74 Å². The van der Waals surface area contributed by atoms with Crippen LogP contribution in [0.4, 0.5) is 10.1 Å². The molecule has 4 rings (SSSR count). The summed E-state index contributed by atoms with van der Waals surface area (Å²) in [4.78, 5) is 24.7. The van der Waals surface area contributed by atoms with Crippen molar-refractivity contribution in [2.45, 2.75) is 30.2 Å². The number of thioether (sulfide) groups is 1. The summed E-state index contributed by atoms with van der Waals surface area (Å²) in [6, 6.07) is 9.87. The predicted molar refractivity (Wildman–Crippen MR) is 102 cm³/mol. The smallest absolute Gasteiger partial charge is 0.258 e. The van der Waals surface area contributed by atoms with Gasteiger partial charge in [-0.15, -0.1) is 11.8 Å². The minimum absolute atomic E-state index is 0.0120. The number of fused-ring (bicyclic) bond motifs is 2. The third kappa shape index (κ3) is 4.08. The van der Waals surface area contributed by atoms with E-state index in [1.54, 1.807) is 30.0 Å². The fourth-order valence-electron chi connectivity index (χ4n) is 3.35. The molecule has 27 heavy (non-hydrogen) atoms. The lowest BCUT2D eigenvalue weighted by Crippen LogP contribution is -2.34. The molecule has 0 spiro atoms. The van der Waals surface area contributed by atoms with Gasteiger partial charge in [0.25, 0.3) is 5.91 Å². The van der Waals surface area contributed by atoms with Crippen LogP contribution in [0.3, 0.4) is 0 Å². The van der Waals surface area contributed by atoms with Gasteiger partial charge in [0.05, 0.1) is 6.04 Å². The quantitative estimate of drug-likeness (QED) is 0.845. The maximum Gasteiger partial charge on any atom is 0.258 e. The Bertz CT molecular complexity index is 903. The monoisotopic (exact) mass is 386 g/mol. The van der Waals surface area contributed by atoms with Gasteiger partial charge >= 0.3 is 0 Å². The van der Waals surface area contributed by atoms with Crippen molar-refractivity contribution in [3.63, 3.8) is 0 Å². The molecule has 7 heteroatoms. The number of ether oxygens (including phenoxy) is 1. The second kappa shape index (κ2) is 7.60. The zero-order valence-corrected chi connectivity index (χ0v) is 15.4. The summed E-state index contributed by atoms with van der Waals surface area (Å²) in [6.07, 6.45) is 1.87. The molecule has 2 aliphatic heterocycles. The van der Waals surface area contributed by atoms with Gasteiger partial charge in [-0.2, -0.15) is 0 Å². The number of halogens is 1. The molecule has 0 fully saturated rings. The van der Waals surface area contributed by atoms with Crippen molar-refractivity contribution < 1.29 is 18.7 Å². The van der Waals surface area contributed by atoms with E-state index in [2.05, 4.69) is 10.6 Å². The highest BCUT2D eigenvalue weighted by molar-refractivity contribution is 7.99. The van der Waals surface area contributed by atoms with Crippen molar-refractivity contribution in [3.8, 4) is 5.75 Å². The zero-order chi connectivity index (χ0) is 18.8. The van der Waals surface area contributed by atoms with Gasteiger partial charge in [-0.25, -0.2) is 4.39 Å². The van der Waals surface area contributed by atoms with Crippen molar-refractivity contribution >= 4 is 29.3 Å². The SMILES string of the molecule is O=C1CCc2cc(OCC(=O)N[C@@H]3CCSc4ccc(F)cc43)ccc2N1. The van der Waals surface area contributed by atoms with Crippen LogP contribution in [0.5, 0.6) is 5.75 Å². The van der Waals surface area contributed by atoms with Crippen LogP contribution < -0.4 is 15.4 Å². The summed E-state index contributed by atoms with van der Waals surface area (Å²) < 4.78 is 19.2. The lowest BCUT2D eigenvalue weighted by molar-refractivity contribution is -0.124. The number of benzene rings is 2. The largest absolute Gasteiger partial charge is 0.484 e. The molecule has 2 heterocycles. The van der Waals surface area contributed by atoms with Gasteiger partial charge < -0.3 is 15.4 Å². The third-order valence-electron chi connectivity index (χ3n) is 4.69. The number of amides is 2. The summed E-state index contributed by atoms with van der Waals surface area (Å²) >= 11 is 1.67.